The van der Waals surface area contributed by atoms with Gasteiger partial charge in [0.25, 0.3) is 0 Å². The third-order valence-electron chi connectivity index (χ3n) is 13.8. The molecule has 1 aliphatic rings. The molecule has 2 heteroatoms. The zero-order valence-electron chi connectivity index (χ0n) is 39.7. The van der Waals surface area contributed by atoms with Crippen molar-refractivity contribution in [1.29, 1.82) is 0 Å². The smallest absolute Gasteiger partial charge is 0.134 e. The second kappa shape index (κ2) is 19.9. The molecule has 0 radical (unpaired) electrons. The van der Waals surface area contributed by atoms with Crippen LogP contribution >= 0.6 is 0 Å². The van der Waals surface area contributed by atoms with Crippen molar-refractivity contribution in [3.63, 3.8) is 0 Å². The zero-order valence-corrected chi connectivity index (χ0v) is 39.7. The summed E-state index contributed by atoms with van der Waals surface area (Å²) in [6, 6.07) is 102. The van der Waals surface area contributed by atoms with E-state index < -0.39 is 0 Å². The van der Waals surface area contributed by atoms with Gasteiger partial charge in [-0.05, 0) is 137 Å². The number of hydrogen-bond donors (Lipinski definition) is 1. The van der Waals surface area contributed by atoms with E-state index in [1.807, 2.05) is 0 Å². The van der Waals surface area contributed by atoms with E-state index in [9.17, 15) is 0 Å². The molecule has 1 heterocycles. The lowest BCUT2D eigenvalue weighted by molar-refractivity contribution is 0.781. The Morgan fingerprint density at radius 3 is 0.806 bits per heavy atom. The average Bonchev–Trinajstić information content (AvgIpc) is 3.48. The van der Waals surface area contributed by atoms with E-state index in [0.717, 1.165) is 39.3 Å². The van der Waals surface area contributed by atoms with Gasteiger partial charge in [-0.2, -0.15) is 0 Å². The molecule has 0 saturated heterocycles. The van der Waals surface area contributed by atoms with Crippen LogP contribution in [0.15, 0.2) is 296 Å². The Morgan fingerprint density at radius 1 is 0.222 bits per heavy atom. The third kappa shape index (κ3) is 9.50. The van der Waals surface area contributed by atoms with E-state index >= 15 is 0 Å². The van der Waals surface area contributed by atoms with Crippen LogP contribution < -0.4 is 5.32 Å². The van der Waals surface area contributed by atoms with E-state index in [4.69, 9.17) is 4.99 Å². The number of amidine groups is 1. The van der Waals surface area contributed by atoms with Crippen LogP contribution in [0.5, 0.6) is 0 Å². The summed E-state index contributed by atoms with van der Waals surface area (Å²) in [4.78, 5) is 5.35. The Bertz CT molecular complexity index is 3720. The van der Waals surface area contributed by atoms with E-state index in [0.29, 0.717) is 0 Å². The van der Waals surface area contributed by atoms with Crippen LogP contribution in [-0.4, -0.2) is 5.84 Å². The average molecular weight is 919 g/mol. The van der Waals surface area contributed by atoms with E-state index in [1.165, 1.54) is 77.9 Å². The van der Waals surface area contributed by atoms with Crippen molar-refractivity contribution >= 4 is 11.5 Å². The first-order valence-corrected chi connectivity index (χ1v) is 24.7. The minimum absolute atomic E-state index is 0.108. The monoisotopic (exact) mass is 918 g/mol. The van der Waals surface area contributed by atoms with Gasteiger partial charge >= 0.3 is 0 Å². The number of benzene rings is 11. The maximum absolute atomic E-state index is 5.35. The van der Waals surface area contributed by atoms with Crippen LogP contribution in [0.1, 0.15) is 22.7 Å². The number of hydrogen-bond acceptors (Lipinski definition) is 2. The first-order valence-electron chi connectivity index (χ1n) is 24.7. The molecule has 11 aromatic carbocycles. The Hall–Kier alpha value is -9.37. The molecule has 0 amide bonds. The van der Waals surface area contributed by atoms with Crippen molar-refractivity contribution in [2.24, 2.45) is 4.99 Å². The topological polar surface area (TPSA) is 24.4 Å². The predicted octanol–water partition coefficient (Wildman–Crippen LogP) is 18.2. The van der Waals surface area contributed by atoms with Gasteiger partial charge in [-0.3, -0.25) is 0 Å². The van der Waals surface area contributed by atoms with Crippen LogP contribution in [-0.2, 0) is 0 Å². The van der Waals surface area contributed by atoms with Crippen molar-refractivity contribution in [3.05, 3.63) is 308 Å². The van der Waals surface area contributed by atoms with Crippen LogP contribution in [0.2, 0.25) is 0 Å². The molecule has 1 aliphatic heterocycles. The molecule has 72 heavy (non-hydrogen) atoms. The Morgan fingerprint density at radius 2 is 0.472 bits per heavy atom. The molecule has 11 aromatic rings. The fraction of sp³-hybridized carbons (Fsp3) is 0.0143. The van der Waals surface area contributed by atoms with E-state index in [1.54, 1.807) is 0 Å². The van der Waals surface area contributed by atoms with Gasteiger partial charge in [0.15, 0.2) is 0 Å². The maximum Gasteiger partial charge on any atom is 0.134 e. The van der Waals surface area contributed by atoms with Crippen molar-refractivity contribution < 1.29 is 0 Å². The minimum Gasteiger partial charge on any atom is -0.359 e. The van der Waals surface area contributed by atoms with Gasteiger partial charge in [0.05, 0.1) is 11.7 Å². The molecular weight excluding hydrogens is 869 g/mol. The highest BCUT2D eigenvalue weighted by molar-refractivity contribution is 6.04. The van der Waals surface area contributed by atoms with Gasteiger partial charge < -0.3 is 5.32 Å². The van der Waals surface area contributed by atoms with Gasteiger partial charge in [0.1, 0.15) is 5.84 Å². The predicted molar refractivity (Wildman–Crippen MR) is 303 cm³/mol. The number of aliphatic imine (C=N–C) groups is 1. The van der Waals surface area contributed by atoms with Gasteiger partial charge in [0, 0.05) is 5.56 Å². The van der Waals surface area contributed by atoms with E-state index in [-0.39, 0.29) is 6.04 Å². The van der Waals surface area contributed by atoms with Crippen molar-refractivity contribution in [2.75, 3.05) is 0 Å². The Labute approximate surface area is 422 Å². The lowest BCUT2D eigenvalue weighted by Gasteiger charge is -2.25. The lowest BCUT2D eigenvalue weighted by Crippen LogP contribution is -2.31. The summed E-state index contributed by atoms with van der Waals surface area (Å²) in [5, 5.41) is 3.83. The summed E-state index contributed by atoms with van der Waals surface area (Å²) >= 11 is 0. The molecule has 0 fully saturated rings. The fourth-order valence-corrected chi connectivity index (χ4v) is 9.85. The first-order chi connectivity index (χ1) is 35.6. The summed E-state index contributed by atoms with van der Waals surface area (Å²) in [5.41, 5.74) is 23.2. The number of nitrogens with zero attached hydrogens (tertiary/aromatic N) is 1. The SMILES string of the molecule is C1=C(c2ccc(-c3cccc(-c4cccc(-c5ccccc5)c4)c3)cc2)N=C(c2ccc(-c3cccc(-c4cccc(-c5ccccc5)c4)c3)cc2)NC1c1ccc(-c2cccc(-c3ccccc3)c2)cc1. The molecule has 0 spiro atoms. The second-order valence-corrected chi connectivity index (χ2v) is 18.4. The van der Waals surface area contributed by atoms with Crippen LogP contribution in [0.25, 0.3) is 94.7 Å². The van der Waals surface area contributed by atoms with Gasteiger partial charge in [-0.15, -0.1) is 0 Å². The summed E-state index contributed by atoms with van der Waals surface area (Å²) in [6.45, 7) is 0. The molecule has 1 unspecified atom stereocenters. The van der Waals surface area contributed by atoms with Crippen LogP contribution in [0.4, 0.5) is 0 Å². The standard InChI is InChI=1S/C70H50N2/c1-4-15-49(16-5-1)58-21-10-24-61(43-58)52-31-37-55(38-32-52)68-48-69(56-39-33-53(34-40-56)62-25-13-29-66(46-62)64-27-11-22-59(44-64)50-17-6-2-7-18-50)72-70(71-68)57-41-35-54(36-42-57)63-26-14-30-67(47-63)65-28-12-23-60(45-65)51-19-8-3-9-20-51/h1-48,68H,(H,71,72). The molecule has 12 rings (SSSR count). The van der Waals surface area contributed by atoms with Crippen LogP contribution in [0.3, 0.4) is 0 Å². The van der Waals surface area contributed by atoms with Gasteiger partial charge in [-0.25, -0.2) is 4.99 Å². The molecule has 0 aromatic heterocycles. The molecule has 1 N–H and O–H groups in total. The molecule has 2 nitrogen and oxygen atoms in total. The molecule has 0 saturated carbocycles. The zero-order chi connectivity index (χ0) is 48.1. The summed E-state index contributed by atoms with van der Waals surface area (Å²) in [5.74, 6) is 0.838. The first kappa shape index (κ1) is 43.9. The number of nitrogens with one attached hydrogen (secondary N) is 1. The number of rotatable bonds is 11. The Kier molecular flexibility index (Phi) is 12.1. The largest absolute Gasteiger partial charge is 0.359 e. The molecule has 340 valence electrons. The van der Waals surface area contributed by atoms with Crippen molar-refractivity contribution in [3.8, 4) is 89.0 Å². The third-order valence-corrected chi connectivity index (χ3v) is 13.8. The van der Waals surface area contributed by atoms with Gasteiger partial charge in [-0.1, -0.05) is 255 Å². The van der Waals surface area contributed by atoms with Crippen molar-refractivity contribution in [1.82, 2.24) is 5.32 Å². The highest BCUT2D eigenvalue weighted by Gasteiger charge is 2.21. The van der Waals surface area contributed by atoms with Crippen LogP contribution in [0, 0.1) is 0 Å². The second-order valence-electron chi connectivity index (χ2n) is 18.4. The molecular formula is C70H50N2. The highest BCUT2D eigenvalue weighted by Crippen LogP contribution is 2.35. The minimum atomic E-state index is -0.108. The lowest BCUT2D eigenvalue weighted by atomic mass is 9.94. The molecule has 1 atom stereocenters. The molecule has 0 bridgehead atoms. The summed E-state index contributed by atoms with van der Waals surface area (Å²) in [6.07, 6.45) is 2.26. The quantitative estimate of drug-likeness (QED) is 0.137. The normalized spacial score (nSPS) is 13.1. The van der Waals surface area contributed by atoms with Gasteiger partial charge in [0.2, 0.25) is 0 Å². The summed E-state index contributed by atoms with van der Waals surface area (Å²) < 4.78 is 0. The maximum atomic E-state index is 5.35. The fourth-order valence-electron chi connectivity index (χ4n) is 9.85. The Balaban J connectivity index is 0.845. The summed E-state index contributed by atoms with van der Waals surface area (Å²) in [7, 11) is 0. The highest BCUT2D eigenvalue weighted by atomic mass is 15.0. The van der Waals surface area contributed by atoms with E-state index in [2.05, 4.69) is 297 Å². The van der Waals surface area contributed by atoms with Crippen molar-refractivity contribution in [2.45, 2.75) is 6.04 Å². The molecule has 0 aliphatic carbocycles.